The van der Waals surface area contributed by atoms with E-state index in [1.807, 2.05) is 0 Å². The topological polar surface area (TPSA) is 110 Å². The smallest absolute Gasteiger partial charge is 0.249 e. The lowest BCUT2D eigenvalue weighted by Crippen LogP contribution is -2.53. The van der Waals surface area contributed by atoms with Crippen molar-refractivity contribution in [1.29, 1.82) is 0 Å². The van der Waals surface area contributed by atoms with Gasteiger partial charge in [-0.15, -0.1) is 0 Å². The van der Waals surface area contributed by atoms with Gasteiger partial charge >= 0.3 is 0 Å². The van der Waals surface area contributed by atoms with Crippen molar-refractivity contribution in [2.45, 2.75) is 366 Å². The average molecular weight is 975 g/mol. The lowest BCUT2D eigenvalue weighted by atomic mass is 10.00. The number of aliphatic hydroxyl groups is 4. The van der Waals surface area contributed by atoms with E-state index in [4.69, 9.17) is 0 Å². The van der Waals surface area contributed by atoms with Gasteiger partial charge in [0.15, 0.2) is 0 Å². The summed E-state index contributed by atoms with van der Waals surface area (Å²) >= 11 is 0. The summed E-state index contributed by atoms with van der Waals surface area (Å²) in [6.45, 7) is 4.08. The van der Waals surface area contributed by atoms with Crippen LogP contribution in [-0.4, -0.2) is 57.3 Å². The second kappa shape index (κ2) is 57.7. The van der Waals surface area contributed by atoms with Crippen LogP contribution in [0.2, 0.25) is 0 Å². The molecule has 6 heteroatoms. The van der Waals surface area contributed by atoms with E-state index >= 15 is 0 Å². The van der Waals surface area contributed by atoms with Gasteiger partial charge < -0.3 is 25.7 Å². The Hall–Kier alpha value is -1.21. The first-order valence-electron chi connectivity index (χ1n) is 31.2. The molecule has 0 aliphatic carbocycles. The predicted molar refractivity (Wildman–Crippen MR) is 302 cm³/mol. The molecule has 0 saturated carbocycles. The number of carbonyl (C=O) groups excluding carboxylic acids is 1. The van der Waals surface area contributed by atoms with Crippen molar-refractivity contribution in [3.8, 4) is 0 Å². The molecule has 0 saturated heterocycles. The highest BCUT2D eigenvalue weighted by Crippen LogP contribution is 2.19. The zero-order valence-corrected chi connectivity index (χ0v) is 46.6. The minimum atomic E-state index is -1.29. The molecular weight excluding hydrogens is 851 g/mol. The molecule has 69 heavy (non-hydrogen) atoms. The number of amides is 1. The number of unbranched alkanes of at least 4 members (excludes halogenated alkanes) is 45. The van der Waals surface area contributed by atoms with Gasteiger partial charge in [-0.05, 0) is 51.4 Å². The fraction of sp³-hybridized carbons (Fsp3) is 0.921. The van der Waals surface area contributed by atoms with Crippen molar-refractivity contribution in [1.82, 2.24) is 5.32 Å². The number of aliphatic hydroxyl groups excluding tert-OH is 4. The van der Waals surface area contributed by atoms with Crippen molar-refractivity contribution in [3.63, 3.8) is 0 Å². The van der Waals surface area contributed by atoms with Gasteiger partial charge in [-0.25, -0.2) is 0 Å². The van der Waals surface area contributed by atoms with E-state index in [0.717, 1.165) is 38.5 Å². The molecule has 0 heterocycles. The Kier molecular flexibility index (Phi) is 56.7. The molecule has 5 N–H and O–H groups in total. The fourth-order valence-electron chi connectivity index (χ4n) is 10.0. The molecule has 1 amide bonds. The molecule has 410 valence electrons. The van der Waals surface area contributed by atoms with E-state index in [0.29, 0.717) is 19.3 Å². The number of rotatable bonds is 58. The number of hydrogen-bond donors (Lipinski definition) is 5. The quantitative estimate of drug-likeness (QED) is 0.0308. The Morgan fingerprint density at radius 3 is 0.913 bits per heavy atom. The van der Waals surface area contributed by atoms with Crippen molar-refractivity contribution in [3.05, 3.63) is 24.3 Å². The predicted octanol–water partition coefficient (Wildman–Crippen LogP) is 18.6. The van der Waals surface area contributed by atoms with E-state index in [1.165, 1.54) is 270 Å². The van der Waals surface area contributed by atoms with Gasteiger partial charge in [0.1, 0.15) is 12.2 Å². The van der Waals surface area contributed by atoms with Gasteiger partial charge in [0.05, 0.1) is 18.8 Å². The van der Waals surface area contributed by atoms with Crippen LogP contribution in [0.4, 0.5) is 0 Å². The second-order valence-corrected chi connectivity index (χ2v) is 21.7. The molecule has 0 bridgehead atoms. The van der Waals surface area contributed by atoms with Crippen LogP contribution in [0.5, 0.6) is 0 Å². The monoisotopic (exact) mass is 974 g/mol. The van der Waals surface area contributed by atoms with Crippen molar-refractivity contribution in [2.75, 3.05) is 6.61 Å². The van der Waals surface area contributed by atoms with Crippen molar-refractivity contribution in [2.24, 2.45) is 0 Å². The zero-order chi connectivity index (χ0) is 50.2. The molecule has 4 atom stereocenters. The highest BCUT2D eigenvalue weighted by Gasteiger charge is 2.28. The molecular formula is C63H123NO5. The van der Waals surface area contributed by atoms with E-state index < -0.39 is 36.9 Å². The third-order valence-electron chi connectivity index (χ3n) is 14.9. The van der Waals surface area contributed by atoms with Crippen LogP contribution < -0.4 is 5.32 Å². The summed E-state index contributed by atoms with van der Waals surface area (Å²) in [5.41, 5.74) is 0. The lowest BCUT2D eigenvalue weighted by molar-refractivity contribution is -0.132. The molecule has 0 spiro atoms. The highest BCUT2D eigenvalue weighted by atomic mass is 16.3. The molecule has 6 nitrogen and oxygen atoms in total. The first-order valence-corrected chi connectivity index (χ1v) is 31.2. The number of allylic oxidation sites excluding steroid dienone is 4. The van der Waals surface area contributed by atoms with Crippen molar-refractivity contribution >= 4 is 5.91 Å². The van der Waals surface area contributed by atoms with Gasteiger partial charge in [0.25, 0.3) is 0 Å². The lowest BCUT2D eigenvalue weighted by Gasteiger charge is -2.27. The van der Waals surface area contributed by atoms with Gasteiger partial charge in [-0.2, -0.15) is 0 Å². The molecule has 0 radical (unpaired) electrons. The maximum absolute atomic E-state index is 12.6. The molecule has 0 fully saturated rings. The van der Waals surface area contributed by atoms with Crippen LogP contribution in [0.3, 0.4) is 0 Å². The fourth-order valence-corrected chi connectivity index (χ4v) is 10.0. The zero-order valence-electron chi connectivity index (χ0n) is 46.6. The Bertz CT molecular complexity index is 1050. The average Bonchev–Trinajstić information content (AvgIpc) is 3.35. The van der Waals surface area contributed by atoms with Crippen LogP contribution in [0.25, 0.3) is 0 Å². The van der Waals surface area contributed by atoms with Crippen LogP contribution in [0.15, 0.2) is 24.3 Å². The second-order valence-electron chi connectivity index (χ2n) is 21.7. The van der Waals surface area contributed by atoms with Gasteiger partial charge in [-0.1, -0.05) is 314 Å². The van der Waals surface area contributed by atoms with Crippen molar-refractivity contribution < 1.29 is 25.2 Å². The minimum absolute atomic E-state index is 0.365. The normalized spacial score (nSPS) is 13.8. The molecule has 0 aromatic rings. The summed E-state index contributed by atoms with van der Waals surface area (Å²) < 4.78 is 0. The molecule has 0 aliphatic heterocycles. The summed E-state index contributed by atoms with van der Waals surface area (Å²) in [6, 6.07) is -1.01. The third kappa shape index (κ3) is 51.5. The summed E-state index contributed by atoms with van der Waals surface area (Å²) in [5.74, 6) is -0.591. The SMILES string of the molecule is CCCCCCCCCCCC/C=C/CC/C=C/CCCC(O)C(O)C(CO)NC(=O)C(O)CCCCCCCCCCCCCCCCCCCCCCCCCCCCCCCCCCCC. The van der Waals surface area contributed by atoms with Crippen LogP contribution in [-0.2, 0) is 4.79 Å². The first-order chi connectivity index (χ1) is 34.0. The third-order valence-corrected chi connectivity index (χ3v) is 14.9. The van der Waals surface area contributed by atoms with Gasteiger partial charge in [0.2, 0.25) is 5.91 Å². The minimum Gasteiger partial charge on any atom is -0.394 e. The molecule has 0 aromatic heterocycles. The van der Waals surface area contributed by atoms with Crippen LogP contribution in [0, 0.1) is 0 Å². The van der Waals surface area contributed by atoms with E-state index in [1.54, 1.807) is 0 Å². The standard InChI is InChI=1S/C63H123NO5/c1-3-5-7-9-11-13-15-17-19-21-23-24-25-26-27-28-29-30-31-32-33-34-35-36-37-39-41-43-45-47-49-51-53-55-57-61(67)63(69)64-59(58-65)62(68)60(66)56-54-52-50-48-46-44-42-40-38-22-20-18-16-14-12-10-8-6-4-2/h40,42,48,50,59-62,65-68H,3-39,41,43-47,49,51-58H2,1-2H3,(H,64,69)/b42-40+,50-48+. The number of carbonyl (C=O) groups is 1. The number of nitrogens with one attached hydrogen (secondary N) is 1. The summed E-state index contributed by atoms with van der Waals surface area (Å²) in [4.78, 5) is 12.6. The van der Waals surface area contributed by atoms with E-state index in [2.05, 4.69) is 43.5 Å². The van der Waals surface area contributed by atoms with E-state index in [-0.39, 0.29) is 0 Å². The maximum atomic E-state index is 12.6. The Balaban J connectivity index is 3.56. The Morgan fingerprint density at radius 1 is 0.348 bits per heavy atom. The molecule has 0 aliphatic rings. The largest absolute Gasteiger partial charge is 0.394 e. The molecule has 0 rings (SSSR count). The summed E-state index contributed by atoms with van der Waals surface area (Å²) in [7, 11) is 0. The highest BCUT2D eigenvalue weighted by molar-refractivity contribution is 5.80. The van der Waals surface area contributed by atoms with E-state index in [9.17, 15) is 25.2 Å². The van der Waals surface area contributed by atoms with Gasteiger partial charge in [0, 0.05) is 0 Å². The summed E-state index contributed by atoms with van der Waals surface area (Å²) in [6.07, 6.45) is 71.4. The van der Waals surface area contributed by atoms with Crippen LogP contribution in [0.1, 0.15) is 341 Å². The Morgan fingerprint density at radius 2 is 0.609 bits per heavy atom. The Labute approximate surface area is 431 Å². The first kappa shape index (κ1) is 67.8. The maximum Gasteiger partial charge on any atom is 0.249 e. The van der Waals surface area contributed by atoms with Crippen LogP contribution >= 0.6 is 0 Å². The number of hydrogen-bond acceptors (Lipinski definition) is 5. The molecule has 4 unspecified atom stereocenters. The van der Waals surface area contributed by atoms with Gasteiger partial charge in [-0.3, -0.25) is 4.79 Å². The molecule has 0 aromatic carbocycles. The summed E-state index contributed by atoms with van der Waals surface area (Å²) in [5, 5.41) is 44.0.